The fourth-order valence-electron chi connectivity index (χ4n) is 2.59. The lowest BCUT2D eigenvalue weighted by atomic mass is 10.1. The first-order chi connectivity index (χ1) is 14.9. The van der Waals surface area contributed by atoms with Gasteiger partial charge in [0.05, 0.1) is 34.0 Å². The molecule has 3 rings (SSSR count). The molecule has 8 nitrogen and oxygen atoms in total. The fourth-order valence-corrected chi connectivity index (χ4v) is 3.65. The number of thiazole rings is 1. The normalized spacial score (nSPS) is 11.4. The number of hydrogen-bond donors (Lipinski definition) is 5. The maximum Gasteiger partial charge on any atom is 0.419 e. The summed E-state index contributed by atoms with van der Waals surface area (Å²) >= 11 is 4.66. The molecule has 0 radical (unpaired) electrons. The van der Waals surface area contributed by atoms with E-state index in [-0.39, 0.29) is 21.4 Å². The molecule has 0 saturated carbocycles. The molecule has 0 spiro atoms. The van der Waals surface area contributed by atoms with E-state index in [1.165, 1.54) is 5.38 Å². The lowest BCUT2D eigenvalue weighted by molar-refractivity contribution is -0.140. The van der Waals surface area contributed by atoms with E-state index in [0.717, 1.165) is 11.3 Å². The molecule has 3 aromatic rings. The zero-order chi connectivity index (χ0) is 23.8. The molecule has 0 aliphatic heterocycles. The number of aromatic nitrogens is 3. The standard InChI is InChI=1S/C17H10F5N5O3S2/c18-11-5(1-2-6(12(11)19)17(20,21)22)8-4-32-16(24-8)25-9(28)3-7(23)10-13(29)26-15(30)27-14(10)31/h1-2,4,23H,3H2,(H,24,25,28)(H3,26,27,29,30,31). The predicted octanol–water partition coefficient (Wildman–Crippen LogP) is 3.17. The lowest BCUT2D eigenvalue weighted by Crippen LogP contribution is -2.30. The Morgan fingerprint density at radius 1 is 1.19 bits per heavy atom. The van der Waals surface area contributed by atoms with Crippen molar-refractivity contribution in [3.63, 3.8) is 0 Å². The van der Waals surface area contributed by atoms with Gasteiger partial charge in [-0.1, -0.05) is 0 Å². The number of nitrogens with zero attached hydrogens (tertiary/aromatic N) is 1. The minimum atomic E-state index is -5.07. The summed E-state index contributed by atoms with van der Waals surface area (Å²) in [5, 5.41) is 11.0. The molecule has 2 aromatic heterocycles. The Morgan fingerprint density at radius 2 is 1.88 bits per heavy atom. The van der Waals surface area contributed by atoms with Crippen molar-refractivity contribution in [1.82, 2.24) is 15.0 Å². The Kier molecular flexibility index (Phi) is 6.32. The van der Waals surface area contributed by atoms with Gasteiger partial charge in [0.15, 0.2) is 16.8 Å². The number of nitrogens with one attached hydrogen (secondary N) is 4. The molecule has 168 valence electrons. The average Bonchev–Trinajstić information content (AvgIpc) is 3.09. The summed E-state index contributed by atoms with van der Waals surface area (Å²) in [6, 6.07) is 1.09. The number of anilines is 1. The van der Waals surface area contributed by atoms with E-state index < -0.39 is 58.2 Å². The molecule has 0 aliphatic carbocycles. The van der Waals surface area contributed by atoms with Crippen LogP contribution in [0.2, 0.25) is 0 Å². The lowest BCUT2D eigenvalue weighted by Gasteiger charge is -2.10. The molecule has 32 heavy (non-hydrogen) atoms. The zero-order valence-corrected chi connectivity index (χ0v) is 17.1. The number of H-pyrrole nitrogens is 2. The third kappa shape index (κ3) is 4.77. The summed E-state index contributed by atoms with van der Waals surface area (Å²) in [5.74, 6) is -4.63. The highest BCUT2D eigenvalue weighted by atomic mass is 32.1. The highest BCUT2D eigenvalue weighted by Crippen LogP contribution is 2.36. The summed E-state index contributed by atoms with van der Waals surface area (Å²) in [4.78, 5) is 43.0. The molecule has 0 bridgehead atoms. The van der Waals surface area contributed by atoms with Crippen molar-refractivity contribution < 1.29 is 26.7 Å². The SMILES string of the molecule is N=C(CC(=O)Nc1nc(-c2ccc(C(F)(F)F)c(F)c2F)cs1)c1c(S)[nH]c(=O)[nH]c1=O. The van der Waals surface area contributed by atoms with Gasteiger partial charge in [-0.2, -0.15) is 13.2 Å². The topological polar surface area (TPSA) is 132 Å². The number of thiol groups is 1. The van der Waals surface area contributed by atoms with Gasteiger partial charge >= 0.3 is 11.9 Å². The van der Waals surface area contributed by atoms with Crippen LogP contribution in [0.25, 0.3) is 11.3 Å². The number of benzene rings is 1. The molecule has 1 aromatic carbocycles. The van der Waals surface area contributed by atoms with E-state index in [9.17, 15) is 36.3 Å². The minimum absolute atomic E-state index is 0.112. The molecular formula is C17H10F5N5O3S2. The first kappa shape index (κ1) is 23.3. The van der Waals surface area contributed by atoms with Crippen molar-refractivity contribution in [3.8, 4) is 11.3 Å². The van der Waals surface area contributed by atoms with E-state index >= 15 is 0 Å². The Labute approximate surface area is 183 Å². The van der Waals surface area contributed by atoms with Gasteiger partial charge in [0.1, 0.15) is 0 Å². The van der Waals surface area contributed by atoms with E-state index in [2.05, 4.69) is 27.9 Å². The first-order valence-corrected chi connectivity index (χ1v) is 9.65. The molecule has 0 unspecified atom stereocenters. The van der Waals surface area contributed by atoms with Gasteiger partial charge in [-0.15, -0.1) is 24.0 Å². The van der Waals surface area contributed by atoms with E-state index in [1.54, 1.807) is 0 Å². The summed E-state index contributed by atoms with van der Waals surface area (Å²) in [5.41, 5.74) is -5.10. The Balaban J connectivity index is 1.77. The number of carbonyl (C=O) groups excluding carboxylic acids is 1. The van der Waals surface area contributed by atoms with Gasteiger partial charge in [0, 0.05) is 10.9 Å². The summed E-state index contributed by atoms with van der Waals surface area (Å²) in [6.07, 6.45) is -5.70. The molecule has 0 saturated heterocycles. The number of aromatic amines is 2. The summed E-state index contributed by atoms with van der Waals surface area (Å²) < 4.78 is 65.9. The van der Waals surface area contributed by atoms with Crippen molar-refractivity contribution >= 4 is 40.7 Å². The van der Waals surface area contributed by atoms with Crippen LogP contribution in [0.5, 0.6) is 0 Å². The third-order valence-electron chi connectivity index (χ3n) is 3.98. The molecule has 0 atom stereocenters. The van der Waals surface area contributed by atoms with Crippen LogP contribution in [0.3, 0.4) is 0 Å². The van der Waals surface area contributed by atoms with Crippen molar-refractivity contribution in [2.45, 2.75) is 17.6 Å². The van der Waals surface area contributed by atoms with Crippen molar-refractivity contribution in [1.29, 1.82) is 5.41 Å². The number of amides is 1. The van der Waals surface area contributed by atoms with Gasteiger partial charge < -0.3 is 15.7 Å². The van der Waals surface area contributed by atoms with E-state index in [1.807, 2.05) is 4.98 Å². The summed E-state index contributed by atoms with van der Waals surface area (Å²) in [7, 11) is 0. The number of rotatable bonds is 5. The van der Waals surface area contributed by atoms with Crippen LogP contribution in [0, 0.1) is 17.0 Å². The molecule has 0 fully saturated rings. The largest absolute Gasteiger partial charge is 0.419 e. The molecule has 0 aliphatic rings. The number of alkyl halides is 3. The molecule has 2 heterocycles. The highest BCUT2D eigenvalue weighted by molar-refractivity contribution is 7.80. The van der Waals surface area contributed by atoms with Gasteiger partial charge in [0.25, 0.3) is 5.56 Å². The van der Waals surface area contributed by atoms with Gasteiger partial charge in [-0.25, -0.2) is 18.6 Å². The smallest absolute Gasteiger partial charge is 0.304 e. The number of carbonyl (C=O) groups is 1. The maximum atomic E-state index is 14.1. The van der Waals surface area contributed by atoms with Crippen LogP contribution >= 0.6 is 24.0 Å². The average molecular weight is 491 g/mol. The first-order valence-electron chi connectivity index (χ1n) is 8.32. The van der Waals surface area contributed by atoms with Crippen LogP contribution in [-0.4, -0.2) is 26.6 Å². The van der Waals surface area contributed by atoms with Crippen LogP contribution in [0.1, 0.15) is 17.5 Å². The minimum Gasteiger partial charge on any atom is -0.304 e. The Morgan fingerprint density at radius 3 is 2.50 bits per heavy atom. The van der Waals surface area contributed by atoms with Crippen molar-refractivity contribution in [2.24, 2.45) is 0 Å². The van der Waals surface area contributed by atoms with Crippen molar-refractivity contribution in [2.75, 3.05) is 5.32 Å². The molecule has 1 amide bonds. The summed E-state index contributed by atoms with van der Waals surface area (Å²) in [6.45, 7) is 0. The number of hydrogen-bond acceptors (Lipinski definition) is 7. The van der Waals surface area contributed by atoms with Crippen LogP contribution < -0.4 is 16.6 Å². The molecular weight excluding hydrogens is 481 g/mol. The monoisotopic (exact) mass is 491 g/mol. The maximum absolute atomic E-state index is 14.1. The van der Waals surface area contributed by atoms with Gasteiger partial charge in [-0.05, 0) is 12.1 Å². The second-order valence-corrected chi connectivity index (χ2v) is 7.46. The van der Waals surface area contributed by atoms with E-state index in [4.69, 9.17) is 5.41 Å². The van der Waals surface area contributed by atoms with Crippen LogP contribution in [-0.2, 0) is 11.0 Å². The van der Waals surface area contributed by atoms with Gasteiger partial charge in [-0.3, -0.25) is 14.6 Å². The van der Waals surface area contributed by atoms with Gasteiger partial charge in [0.2, 0.25) is 5.91 Å². The predicted molar refractivity (Wildman–Crippen MR) is 107 cm³/mol. The second-order valence-electron chi connectivity index (χ2n) is 6.16. The highest BCUT2D eigenvalue weighted by Gasteiger charge is 2.36. The second kappa shape index (κ2) is 8.66. The Hall–Kier alpha value is -3.33. The quantitative estimate of drug-likeness (QED) is 0.162. The Bertz CT molecular complexity index is 1350. The molecule has 4 N–H and O–H groups in total. The van der Waals surface area contributed by atoms with E-state index in [0.29, 0.717) is 12.1 Å². The fraction of sp³-hybridized carbons (Fsp3) is 0.118. The van der Waals surface area contributed by atoms with Crippen LogP contribution in [0.15, 0.2) is 32.1 Å². The zero-order valence-electron chi connectivity index (χ0n) is 15.4. The molecule has 15 heteroatoms. The van der Waals surface area contributed by atoms with Crippen LogP contribution in [0.4, 0.5) is 27.1 Å². The van der Waals surface area contributed by atoms with Crippen molar-refractivity contribution in [3.05, 3.63) is 61.1 Å². The number of halogens is 5. The third-order valence-corrected chi connectivity index (χ3v) is 5.07.